The largest absolute Gasteiger partial charge is 0.495 e. The lowest BCUT2D eigenvalue weighted by molar-refractivity contribution is 0.282. The van der Waals surface area contributed by atoms with Crippen molar-refractivity contribution in [1.29, 1.82) is 0 Å². The second kappa shape index (κ2) is 6.34. The molecule has 0 unspecified atom stereocenters. The Bertz CT molecular complexity index is 729. The smallest absolute Gasteiger partial charge is 0.261 e. The first-order valence-electron chi connectivity index (χ1n) is 6.02. The zero-order valence-corrected chi connectivity index (χ0v) is 12.8. The number of aliphatic hydroxyl groups excluding tert-OH is 1. The van der Waals surface area contributed by atoms with Crippen molar-refractivity contribution in [3.8, 4) is 5.75 Å². The first-order chi connectivity index (χ1) is 9.96. The molecular weight excluding hydrogens is 314 g/mol. The highest BCUT2D eigenvalue weighted by Crippen LogP contribution is 2.28. The summed E-state index contributed by atoms with van der Waals surface area (Å²) >= 11 is 5.89. The van der Waals surface area contributed by atoms with Crippen molar-refractivity contribution in [2.75, 3.05) is 11.8 Å². The maximum absolute atomic E-state index is 12.2. The average Bonchev–Trinajstić information content (AvgIpc) is 2.49. The van der Waals surface area contributed by atoms with Crippen LogP contribution in [0.15, 0.2) is 47.4 Å². The fourth-order valence-electron chi connectivity index (χ4n) is 1.71. The highest BCUT2D eigenvalue weighted by molar-refractivity contribution is 7.92. The molecule has 2 rings (SSSR count). The van der Waals surface area contributed by atoms with Crippen molar-refractivity contribution in [1.82, 2.24) is 0 Å². The van der Waals surface area contributed by atoms with Crippen molar-refractivity contribution < 1.29 is 18.3 Å². The Hall–Kier alpha value is -1.76. The molecule has 0 aromatic heterocycles. The van der Waals surface area contributed by atoms with Gasteiger partial charge in [0.15, 0.2) is 0 Å². The monoisotopic (exact) mass is 327 g/mol. The van der Waals surface area contributed by atoms with Crippen LogP contribution in [0, 0.1) is 0 Å². The minimum absolute atomic E-state index is 0.105. The van der Waals surface area contributed by atoms with E-state index in [4.69, 9.17) is 21.4 Å². The number of methoxy groups -OCH3 is 1. The second-order valence-electron chi connectivity index (χ2n) is 4.26. The number of aliphatic hydroxyl groups is 1. The molecule has 0 radical (unpaired) electrons. The van der Waals surface area contributed by atoms with Gasteiger partial charge in [-0.2, -0.15) is 0 Å². The summed E-state index contributed by atoms with van der Waals surface area (Å²) in [4.78, 5) is 0.105. The molecule has 2 aromatic rings. The van der Waals surface area contributed by atoms with E-state index >= 15 is 0 Å². The summed E-state index contributed by atoms with van der Waals surface area (Å²) in [6, 6.07) is 10.6. The van der Waals surface area contributed by atoms with E-state index in [-0.39, 0.29) is 11.5 Å². The van der Waals surface area contributed by atoms with Crippen molar-refractivity contribution >= 4 is 27.3 Å². The lowest BCUT2D eigenvalue weighted by Gasteiger charge is -2.10. The van der Waals surface area contributed by atoms with Crippen molar-refractivity contribution in [3.63, 3.8) is 0 Å². The molecule has 0 aliphatic heterocycles. The Morgan fingerprint density at radius 3 is 2.43 bits per heavy atom. The molecule has 0 atom stereocenters. The van der Waals surface area contributed by atoms with E-state index in [1.807, 2.05) is 0 Å². The van der Waals surface area contributed by atoms with E-state index in [9.17, 15) is 8.42 Å². The summed E-state index contributed by atoms with van der Waals surface area (Å²) in [6.07, 6.45) is 0. The SMILES string of the molecule is COc1cc(NS(=O)(=O)c2ccc(CO)cc2)ccc1Cl. The van der Waals surface area contributed by atoms with Crippen LogP contribution in [0.4, 0.5) is 5.69 Å². The van der Waals surface area contributed by atoms with Gasteiger partial charge in [-0.05, 0) is 29.8 Å². The normalized spacial score (nSPS) is 11.2. The lowest BCUT2D eigenvalue weighted by Crippen LogP contribution is -2.13. The van der Waals surface area contributed by atoms with E-state index < -0.39 is 10.0 Å². The zero-order chi connectivity index (χ0) is 15.5. The van der Waals surface area contributed by atoms with Crippen LogP contribution < -0.4 is 9.46 Å². The van der Waals surface area contributed by atoms with E-state index in [0.29, 0.717) is 22.0 Å². The van der Waals surface area contributed by atoms with Crippen molar-refractivity contribution in [3.05, 3.63) is 53.1 Å². The summed E-state index contributed by atoms with van der Waals surface area (Å²) in [5.41, 5.74) is 0.990. The highest BCUT2D eigenvalue weighted by atomic mass is 35.5. The third-order valence-corrected chi connectivity index (χ3v) is 4.53. The number of halogens is 1. The van der Waals surface area contributed by atoms with E-state index in [1.54, 1.807) is 24.3 Å². The average molecular weight is 328 g/mol. The predicted molar refractivity (Wildman–Crippen MR) is 81.2 cm³/mol. The van der Waals surface area contributed by atoms with Gasteiger partial charge in [-0.1, -0.05) is 23.7 Å². The standard InChI is InChI=1S/C14H14ClNO4S/c1-20-14-8-11(4-7-13(14)15)16-21(18,19)12-5-2-10(9-17)3-6-12/h2-8,16-17H,9H2,1H3. The van der Waals surface area contributed by atoms with Crippen molar-refractivity contribution in [2.24, 2.45) is 0 Å². The molecular formula is C14H14ClNO4S. The third-order valence-electron chi connectivity index (χ3n) is 2.82. The third kappa shape index (κ3) is 3.66. The number of anilines is 1. The number of sulfonamides is 1. The quantitative estimate of drug-likeness (QED) is 0.885. The summed E-state index contributed by atoms with van der Waals surface area (Å²) in [6.45, 7) is -0.137. The molecule has 0 saturated carbocycles. The molecule has 0 aliphatic rings. The zero-order valence-electron chi connectivity index (χ0n) is 11.2. The van der Waals surface area contributed by atoms with Crippen LogP contribution in [0.3, 0.4) is 0 Å². The van der Waals surface area contributed by atoms with Gasteiger partial charge in [-0.15, -0.1) is 0 Å². The van der Waals surface area contributed by atoms with Crippen LogP contribution in [0.25, 0.3) is 0 Å². The molecule has 0 aliphatic carbocycles. The fourth-order valence-corrected chi connectivity index (χ4v) is 2.96. The second-order valence-corrected chi connectivity index (χ2v) is 6.35. The molecule has 0 spiro atoms. The molecule has 7 heteroatoms. The number of benzene rings is 2. The first kappa shape index (κ1) is 15.6. The minimum atomic E-state index is -3.71. The number of rotatable bonds is 5. The fraction of sp³-hybridized carbons (Fsp3) is 0.143. The van der Waals surface area contributed by atoms with Gasteiger partial charge in [0.2, 0.25) is 0 Å². The predicted octanol–water partition coefficient (Wildman–Crippen LogP) is 2.64. The molecule has 112 valence electrons. The molecule has 0 bridgehead atoms. The molecule has 2 N–H and O–H groups in total. The van der Waals surface area contributed by atoms with Gasteiger partial charge < -0.3 is 9.84 Å². The highest BCUT2D eigenvalue weighted by Gasteiger charge is 2.15. The molecule has 0 saturated heterocycles. The number of nitrogens with one attached hydrogen (secondary N) is 1. The molecule has 0 fully saturated rings. The van der Waals surface area contributed by atoms with Crippen LogP contribution >= 0.6 is 11.6 Å². The molecule has 21 heavy (non-hydrogen) atoms. The molecule has 0 amide bonds. The minimum Gasteiger partial charge on any atom is -0.495 e. The van der Waals surface area contributed by atoms with Crippen LogP contribution in [0.1, 0.15) is 5.56 Å². The molecule has 2 aromatic carbocycles. The Morgan fingerprint density at radius 1 is 1.19 bits per heavy atom. The summed E-state index contributed by atoms with van der Waals surface area (Å²) in [5.74, 6) is 0.382. The van der Waals surface area contributed by atoms with Gasteiger partial charge in [0.25, 0.3) is 10.0 Å². The van der Waals surface area contributed by atoms with Crippen LogP contribution in [-0.2, 0) is 16.6 Å². The molecule has 0 heterocycles. The van der Waals surface area contributed by atoms with Gasteiger partial charge in [-0.25, -0.2) is 8.42 Å². The van der Waals surface area contributed by atoms with Crippen LogP contribution in [0.5, 0.6) is 5.75 Å². The summed E-state index contributed by atoms with van der Waals surface area (Å²) < 4.78 is 32.0. The number of ether oxygens (including phenoxy) is 1. The Morgan fingerprint density at radius 2 is 1.86 bits per heavy atom. The Kier molecular flexibility index (Phi) is 4.72. The van der Waals surface area contributed by atoms with Gasteiger partial charge in [0.1, 0.15) is 5.75 Å². The Labute approximate surface area is 128 Å². The maximum Gasteiger partial charge on any atom is 0.261 e. The molecule has 5 nitrogen and oxygen atoms in total. The van der Waals surface area contributed by atoms with Gasteiger partial charge in [0.05, 0.1) is 29.3 Å². The number of hydrogen-bond donors (Lipinski definition) is 2. The summed E-state index contributed by atoms with van der Waals surface area (Å²) in [5, 5.41) is 9.35. The van der Waals surface area contributed by atoms with E-state index in [0.717, 1.165) is 0 Å². The van der Waals surface area contributed by atoms with Gasteiger partial charge >= 0.3 is 0 Å². The van der Waals surface area contributed by atoms with E-state index in [2.05, 4.69) is 4.72 Å². The lowest BCUT2D eigenvalue weighted by atomic mass is 10.2. The number of hydrogen-bond acceptors (Lipinski definition) is 4. The Balaban J connectivity index is 2.28. The van der Waals surface area contributed by atoms with Gasteiger partial charge in [0, 0.05) is 6.07 Å². The van der Waals surface area contributed by atoms with Crippen molar-refractivity contribution in [2.45, 2.75) is 11.5 Å². The van der Waals surface area contributed by atoms with Crippen LogP contribution in [0.2, 0.25) is 5.02 Å². The van der Waals surface area contributed by atoms with Gasteiger partial charge in [-0.3, -0.25) is 4.72 Å². The topological polar surface area (TPSA) is 75.6 Å². The first-order valence-corrected chi connectivity index (χ1v) is 7.88. The maximum atomic E-state index is 12.2. The van der Waals surface area contributed by atoms with Crippen LogP contribution in [-0.4, -0.2) is 20.6 Å². The van der Waals surface area contributed by atoms with E-state index in [1.165, 1.54) is 25.3 Å². The summed E-state index contributed by atoms with van der Waals surface area (Å²) in [7, 11) is -2.25.